The Hall–Kier alpha value is -0.360. The van der Waals surface area contributed by atoms with Crippen LogP contribution in [0.4, 0.5) is 5.82 Å². The number of pyridine rings is 1. The van der Waals surface area contributed by atoms with Gasteiger partial charge < -0.3 is 5.32 Å². The van der Waals surface area contributed by atoms with Crippen molar-refractivity contribution in [3.8, 4) is 0 Å². The number of hydrogen-bond donors (Lipinski definition) is 1. The molecule has 0 aliphatic heterocycles. The van der Waals surface area contributed by atoms with Crippen molar-refractivity contribution in [2.45, 2.75) is 12.8 Å². The highest BCUT2D eigenvalue weighted by atomic mass is 127. The fourth-order valence-corrected chi connectivity index (χ4v) is 1.76. The number of carbonyl (C=O) groups is 1. The molecule has 0 radical (unpaired) electrons. The van der Waals surface area contributed by atoms with E-state index in [2.05, 4.69) is 32.9 Å². The van der Waals surface area contributed by atoms with Gasteiger partial charge in [-0.25, -0.2) is 4.98 Å². The van der Waals surface area contributed by atoms with Gasteiger partial charge in [-0.1, -0.05) is 0 Å². The van der Waals surface area contributed by atoms with Crippen LogP contribution in [0.1, 0.15) is 12.5 Å². The van der Waals surface area contributed by atoms with Crippen LogP contribution in [-0.4, -0.2) is 10.9 Å². The molecule has 0 atom stereocenters. The second kappa shape index (κ2) is 4.76. The van der Waals surface area contributed by atoms with E-state index in [4.69, 9.17) is 11.6 Å². The molecule has 0 aliphatic carbocycles. The maximum atomic E-state index is 10.7. The Morgan fingerprint density at radius 1 is 1.77 bits per heavy atom. The van der Waals surface area contributed by atoms with Crippen molar-refractivity contribution in [2.24, 2.45) is 0 Å². The van der Waals surface area contributed by atoms with Crippen molar-refractivity contribution in [1.29, 1.82) is 0 Å². The van der Waals surface area contributed by atoms with Gasteiger partial charge >= 0.3 is 0 Å². The summed E-state index contributed by atoms with van der Waals surface area (Å²) in [6, 6.07) is 1.77. The first kappa shape index (κ1) is 10.7. The summed E-state index contributed by atoms with van der Waals surface area (Å²) >= 11 is 7.85. The molecule has 0 aliphatic rings. The van der Waals surface area contributed by atoms with Gasteiger partial charge in [-0.15, -0.1) is 11.6 Å². The molecule has 3 nitrogen and oxygen atoms in total. The number of aromatic nitrogens is 1. The van der Waals surface area contributed by atoms with Crippen molar-refractivity contribution in [3.05, 3.63) is 21.4 Å². The van der Waals surface area contributed by atoms with E-state index in [9.17, 15) is 4.79 Å². The first-order valence-electron chi connectivity index (χ1n) is 3.61. The molecule has 0 unspecified atom stereocenters. The first-order valence-corrected chi connectivity index (χ1v) is 5.23. The molecule has 0 saturated heterocycles. The average Bonchev–Trinajstić information content (AvgIpc) is 2.07. The number of rotatable bonds is 2. The maximum absolute atomic E-state index is 10.7. The second-order valence-corrected chi connectivity index (χ2v) is 3.91. The Kier molecular flexibility index (Phi) is 3.92. The average molecular weight is 311 g/mol. The molecule has 70 valence electrons. The summed E-state index contributed by atoms with van der Waals surface area (Å²) in [5, 5.41) is 2.59. The van der Waals surface area contributed by atoms with E-state index in [1.807, 2.05) is 0 Å². The minimum absolute atomic E-state index is 0.130. The van der Waals surface area contributed by atoms with Gasteiger partial charge in [-0.2, -0.15) is 0 Å². The Morgan fingerprint density at radius 3 is 3.00 bits per heavy atom. The van der Waals surface area contributed by atoms with E-state index in [1.165, 1.54) is 6.92 Å². The SMILES string of the molecule is CC(=O)Nc1cc(CCl)c(I)cn1. The predicted molar refractivity (Wildman–Crippen MR) is 60.8 cm³/mol. The summed E-state index contributed by atoms with van der Waals surface area (Å²) in [6.07, 6.45) is 1.68. The summed E-state index contributed by atoms with van der Waals surface area (Å²) in [5.41, 5.74) is 0.973. The number of anilines is 1. The van der Waals surface area contributed by atoms with Gasteiger partial charge in [-0.05, 0) is 34.2 Å². The maximum Gasteiger partial charge on any atom is 0.222 e. The summed E-state index contributed by atoms with van der Waals surface area (Å²) in [7, 11) is 0. The smallest absolute Gasteiger partial charge is 0.222 e. The lowest BCUT2D eigenvalue weighted by atomic mass is 10.3. The zero-order valence-electron chi connectivity index (χ0n) is 6.97. The lowest BCUT2D eigenvalue weighted by Crippen LogP contribution is -2.07. The van der Waals surface area contributed by atoms with E-state index in [0.29, 0.717) is 11.7 Å². The molecule has 5 heteroatoms. The highest BCUT2D eigenvalue weighted by molar-refractivity contribution is 14.1. The summed E-state index contributed by atoms with van der Waals surface area (Å²) in [5.74, 6) is 0.839. The van der Waals surface area contributed by atoms with Crippen LogP contribution in [0.5, 0.6) is 0 Å². The van der Waals surface area contributed by atoms with Crippen molar-refractivity contribution in [2.75, 3.05) is 5.32 Å². The Labute approximate surface area is 95.0 Å². The number of halogens is 2. The number of hydrogen-bond acceptors (Lipinski definition) is 2. The number of carbonyl (C=O) groups excluding carboxylic acids is 1. The van der Waals surface area contributed by atoms with Crippen molar-refractivity contribution >= 4 is 45.9 Å². The molecule has 0 aromatic carbocycles. The van der Waals surface area contributed by atoms with Crippen LogP contribution in [0.2, 0.25) is 0 Å². The quantitative estimate of drug-likeness (QED) is 0.673. The molecule has 1 heterocycles. The molecule has 1 N–H and O–H groups in total. The first-order chi connectivity index (χ1) is 6.13. The third-order valence-electron chi connectivity index (χ3n) is 1.38. The second-order valence-electron chi connectivity index (χ2n) is 2.48. The molecule has 0 saturated carbocycles. The van der Waals surface area contributed by atoms with E-state index >= 15 is 0 Å². The van der Waals surface area contributed by atoms with Gasteiger partial charge in [0.15, 0.2) is 0 Å². The number of nitrogens with one attached hydrogen (secondary N) is 1. The lowest BCUT2D eigenvalue weighted by Gasteiger charge is -2.04. The minimum Gasteiger partial charge on any atom is -0.311 e. The van der Waals surface area contributed by atoms with Gasteiger partial charge in [0.05, 0.1) is 0 Å². The topological polar surface area (TPSA) is 42.0 Å². The molecule has 1 amide bonds. The third-order valence-corrected chi connectivity index (χ3v) is 2.64. The number of amides is 1. The van der Waals surface area contributed by atoms with Gasteiger partial charge in [0.2, 0.25) is 5.91 Å². The Bertz CT molecular complexity index is 330. The zero-order chi connectivity index (χ0) is 9.84. The summed E-state index contributed by atoms with van der Waals surface area (Å²) in [4.78, 5) is 14.7. The molecule has 1 aromatic rings. The minimum atomic E-state index is -0.130. The fourth-order valence-electron chi connectivity index (χ4n) is 0.831. The Balaban J connectivity index is 2.92. The van der Waals surface area contributed by atoms with E-state index in [0.717, 1.165) is 9.13 Å². The van der Waals surface area contributed by atoms with Gasteiger partial charge in [0, 0.05) is 22.6 Å². The molecule has 0 bridgehead atoms. The predicted octanol–water partition coefficient (Wildman–Crippen LogP) is 2.38. The van der Waals surface area contributed by atoms with Crippen LogP contribution in [0.25, 0.3) is 0 Å². The van der Waals surface area contributed by atoms with Gasteiger partial charge in [-0.3, -0.25) is 4.79 Å². The van der Waals surface area contributed by atoms with Crippen molar-refractivity contribution < 1.29 is 4.79 Å². The number of alkyl halides is 1. The standard InChI is InChI=1S/C8H8ClIN2O/c1-5(13)12-8-2-6(3-9)7(10)4-11-8/h2,4H,3H2,1H3,(H,11,12,13). The van der Waals surface area contributed by atoms with Crippen LogP contribution in [0.3, 0.4) is 0 Å². The normalized spacial score (nSPS) is 9.77. The van der Waals surface area contributed by atoms with E-state index in [-0.39, 0.29) is 5.91 Å². The van der Waals surface area contributed by atoms with Crippen LogP contribution < -0.4 is 5.32 Å². The molecular weight excluding hydrogens is 302 g/mol. The lowest BCUT2D eigenvalue weighted by molar-refractivity contribution is -0.114. The monoisotopic (exact) mass is 310 g/mol. The molecular formula is C8H8ClIN2O. The summed E-state index contributed by atoms with van der Waals surface area (Å²) < 4.78 is 1.00. The van der Waals surface area contributed by atoms with Crippen LogP contribution in [-0.2, 0) is 10.7 Å². The van der Waals surface area contributed by atoms with E-state index in [1.54, 1.807) is 12.3 Å². The summed E-state index contributed by atoms with van der Waals surface area (Å²) in [6.45, 7) is 1.44. The molecule has 1 rings (SSSR count). The molecule has 0 spiro atoms. The number of nitrogens with zero attached hydrogens (tertiary/aromatic N) is 1. The molecule has 13 heavy (non-hydrogen) atoms. The van der Waals surface area contributed by atoms with Crippen molar-refractivity contribution in [1.82, 2.24) is 4.98 Å². The highest BCUT2D eigenvalue weighted by Gasteiger charge is 2.02. The van der Waals surface area contributed by atoms with Crippen LogP contribution in [0.15, 0.2) is 12.3 Å². The van der Waals surface area contributed by atoms with Crippen LogP contribution in [0, 0.1) is 3.57 Å². The zero-order valence-corrected chi connectivity index (χ0v) is 9.89. The largest absolute Gasteiger partial charge is 0.311 e. The van der Waals surface area contributed by atoms with Gasteiger partial charge in [0.1, 0.15) is 5.82 Å². The molecule has 1 aromatic heterocycles. The Morgan fingerprint density at radius 2 is 2.46 bits per heavy atom. The van der Waals surface area contributed by atoms with E-state index < -0.39 is 0 Å². The fraction of sp³-hybridized carbons (Fsp3) is 0.250. The third kappa shape index (κ3) is 3.11. The van der Waals surface area contributed by atoms with Crippen LogP contribution >= 0.6 is 34.2 Å². The highest BCUT2D eigenvalue weighted by Crippen LogP contribution is 2.16. The molecule has 0 fully saturated rings. The van der Waals surface area contributed by atoms with Crippen molar-refractivity contribution in [3.63, 3.8) is 0 Å². The van der Waals surface area contributed by atoms with Gasteiger partial charge in [0.25, 0.3) is 0 Å².